The number of benzene rings is 3. The van der Waals surface area contributed by atoms with Gasteiger partial charge >= 0.3 is 0 Å². The van der Waals surface area contributed by atoms with E-state index in [9.17, 15) is 15.3 Å². The van der Waals surface area contributed by atoms with Crippen LogP contribution in [0.25, 0.3) is 5.70 Å². The highest BCUT2D eigenvalue weighted by molar-refractivity contribution is 5.82. The number of nitrogens with zero attached hydrogens (tertiary/aromatic N) is 3. The number of aryl methyl sites for hydroxylation is 1. The van der Waals surface area contributed by atoms with Gasteiger partial charge in [-0.1, -0.05) is 24.3 Å². The number of phenolic OH excluding ortho intramolecular Hbond substituents is 3. The van der Waals surface area contributed by atoms with Crippen molar-refractivity contribution in [2.75, 3.05) is 5.01 Å². The van der Waals surface area contributed by atoms with E-state index in [1.807, 2.05) is 60.5 Å². The molecule has 7 nitrogen and oxygen atoms in total. The number of phenols is 3. The highest BCUT2D eigenvalue weighted by atomic mass is 16.3. The molecule has 7 heteroatoms. The van der Waals surface area contributed by atoms with Gasteiger partial charge in [0.2, 0.25) is 0 Å². The van der Waals surface area contributed by atoms with Crippen LogP contribution in [0.3, 0.4) is 0 Å². The summed E-state index contributed by atoms with van der Waals surface area (Å²) in [6, 6.07) is 24.7. The molecule has 5 rings (SSSR count). The third-order valence-electron chi connectivity index (χ3n) is 5.70. The number of hydrogen-bond acceptors (Lipinski definition) is 7. The Bertz CT molecular complexity index is 1250. The van der Waals surface area contributed by atoms with E-state index in [4.69, 9.17) is 0 Å². The molecule has 0 atom stereocenters. The van der Waals surface area contributed by atoms with Gasteiger partial charge in [0.15, 0.2) is 5.82 Å². The fourth-order valence-corrected chi connectivity index (χ4v) is 3.99. The molecule has 1 aliphatic heterocycles. The van der Waals surface area contributed by atoms with Crippen LogP contribution in [0, 0.1) is 6.92 Å². The van der Waals surface area contributed by atoms with Crippen molar-refractivity contribution in [1.29, 1.82) is 0 Å². The molecule has 33 heavy (non-hydrogen) atoms. The van der Waals surface area contributed by atoms with Crippen molar-refractivity contribution in [2.24, 2.45) is 0 Å². The van der Waals surface area contributed by atoms with E-state index in [-0.39, 0.29) is 17.2 Å². The molecule has 4 aromatic rings. The monoisotopic (exact) mass is 438 g/mol. The highest BCUT2D eigenvalue weighted by Gasteiger charge is 2.42. The maximum absolute atomic E-state index is 9.88. The first-order valence-electron chi connectivity index (χ1n) is 10.4. The summed E-state index contributed by atoms with van der Waals surface area (Å²) in [5.74, 6) is 1.11. The molecule has 0 saturated carbocycles. The van der Waals surface area contributed by atoms with E-state index < -0.39 is 5.54 Å². The predicted octanol–water partition coefficient (Wildman–Crippen LogP) is 4.21. The smallest absolute Gasteiger partial charge is 0.170 e. The van der Waals surface area contributed by atoms with Crippen LogP contribution in [-0.2, 0) is 5.54 Å². The van der Waals surface area contributed by atoms with Crippen molar-refractivity contribution in [3.05, 3.63) is 113 Å². The van der Waals surface area contributed by atoms with E-state index in [1.54, 1.807) is 36.4 Å². The number of aromatic nitrogens is 2. The first-order chi connectivity index (χ1) is 15.9. The molecule has 1 aliphatic rings. The number of aromatic hydroxyl groups is 3. The molecular formula is C26H22N4O3. The Labute approximate surface area is 190 Å². The average Bonchev–Trinajstić information content (AvgIpc) is 3.23. The normalized spacial score (nSPS) is 14.8. The van der Waals surface area contributed by atoms with Gasteiger partial charge in [-0.3, -0.25) is 5.01 Å². The average molecular weight is 438 g/mol. The van der Waals surface area contributed by atoms with Gasteiger partial charge in [0.05, 0.1) is 11.4 Å². The zero-order valence-corrected chi connectivity index (χ0v) is 17.8. The first-order valence-corrected chi connectivity index (χ1v) is 10.4. The molecule has 0 saturated heterocycles. The molecule has 2 heterocycles. The lowest BCUT2D eigenvalue weighted by molar-refractivity contribution is 0.471. The minimum atomic E-state index is -0.832. The lowest BCUT2D eigenvalue weighted by atomic mass is 9.83. The number of hydrazine groups is 1. The van der Waals surface area contributed by atoms with Gasteiger partial charge < -0.3 is 15.3 Å². The van der Waals surface area contributed by atoms with Gasteiger partial charge in [0.1, 0.15) is 22.8 Å². The Hall–Kier alpha value is -4.36. The van der Waals surface area contributed by atoms with Crippen molar-refractivity contribution in [2.45, 2.75) is 12.5 Å². The zero-order valence-electron chi connectivity index (χ0n) is 17.8. The van der Waals surface area contributed by atoms with Gasteiger partial charge in [-0.25, -0.2) is 5.43 Å². The van der Waals surface area contributed by atoms with Crippen molar-refractivity contribution < 1.29 is 15.3 Å². The van der Waals surface area contributed by atoms with Crippen molar-refractivity contribution >= 4 is 11.5 Å². The fraction of sp³-hybridized carbons (Fsp3) is 0.0769. The van der Waals surface area contributed by atoms with E-state index in [1.165, 1.54) is 0 Å². The van der Waals surface area contributed by atoms with Crippen LogP contribution >= 0.6 is 0 Å². The third-order valence-corrected chi connectivity index (χ3v) is 5.70. The Morgan fingerprint density at radius 1 is 0.667 bits per heavy atom. The van der Waals surface area contributed by atoms with E-state index in [0.717, 1.165) is 28.1 Å². The lowest BCUT2D eigenvalue weighted by Gasteiger charge is -2.32. The second-order valence-corrected chi connectivity index (χ2v) is 7.96. The summed E-state index contributed by atoms with van der Waals surface area (Å²) in [4.78, 5) is 0. The topological polar surface area (TPSA) is 102 Å². The third kappa shape index (κ3) is 3.75. The molecule has 0 bridgehead atoms. The summed E-state index contributed by atoms with van der Waals surface area (Å²) in [5, 5.41) is 40.0. The molecule has 0 unspecified atom stereocenters. The minimum absolute atomic E-state index is 0.168. The summed E-state index contributed by atoms with van der Waals surface area (Å²) >= 11 is 0. The number of nitrogens with one attached hydrogen (secondary N) is 1. The second kappa shape index (κ2) is 7.96. The summed E-state index contributed by atoms with van der Waals surface area (Å²) in [6.07, 6.45) is 2.07. The molecular weight excluding hydrogens is 416 g/mol. The van der Waals surface area contributed by atoms with Gasteiger partial charge in [0.25, 0.3) is 0 Å². The van der Waals surface area contributed by atoms with Crippen molar-refractivity contribution in [1.82, 2.24) is 15.6 Å². The highest BCUT2D eigenvalue weighted by Crippen LogP contribution is 2.42. The van der Waals surface area contributed by atoms with Gasteiger partial charge in [-0.05, 0) is 90.4 Å². The Balaban J connectivity index is 1.74. The molecule has 0 spiro atoms. The van der Waals surface area contributed by atoms with Gasteiger partial charge in [-0.15, -0.1) is 5.10 Å². The lowest BCUT2D eigenvalue weighted by Crippen LogP contribution is -2.46. The van der Waals surface area contributed by atoms with Gasteiger partial charge in [0, 0.05) is 0 Å². The fourth-order valence-electron chi connectivity index (χ4n) is 3.99. The van der Waals surface area contributed by atoms with Crippen LogP contribution in [0.1, 0.15) is 22.4 Å². The molecule has 4 N–H and O–H groups in total. The Morgan fingerprint density at radius 2 is 1.18 bits per heavy atom. The summed E-state index contributed by atoms with van der Waals surface area (Å²) in [5.41, 5.74) is 6.99. The quantitative estimate of drug-likeness (QED) is 0.379. The van der Waals surface area contributed by atoms with E-state index in [0.29, 0.717) is 5.82 Å². The Morgan fingerprint density at radius 3 is 1.67 bits per heavy atom. The molecule has 0 fully saturated rings. The second-order valence-electron chi connectivity index (χ2n) is 7.96. The van der Waals surface area contributed by atoms with Crippen molar-refractivity contribution in [3.8, 4) is 17.2 Å². The summed E-state index contributed by atoms with van der Waals surface area (Å²) < 4.78 is 0. The van der Waals surface area contributed by atoms with Crippen LogP contribution in [0.5, 0.6) is 17.2 Å². The van der Waals surface area contributed by atoms with E-state index >= 15 is 0 Å². The molecule has 164 valence electrons. The van der Waals surface area contributed by atoms with Crippen LogP contribution in [-0.4, -0.2) is 25.5 Å². The number of hydrogen-bond donors (Lipinski definition) is 4. The minimum Gasteiger partial charge on any atom is -0.508 e. The first kappa shape index (κ1) is 20.5. The molecule has 0 aliphatic carbocycles. The van der Waals surface area contributed by atoms with E-state index in [2.05, 4.69) is 21.7 Å². The predicted molar refractivity (Wildman–Crippen MR) is 125 cm³/mol. The van der Waals surface area contributed by atoms with Crippen LogP contribution in [0.2, 0.25) is 0 Å². The molecule has 1 aromatic heterocycles. The number of rotatable bonds is 4. The molecule has 0 amide bonds. The molecule has 0 radical (unpaired) electrons. The molecule has 3 aromatic carbocycles. The standard InChI is InChI=1S/C26H22N4O3/c1-17-2-15-25(28-27-17)30-24(18-3-9-21(31)10-4-18)16-26(29-30,19-5-11-22(32)12-6-19)20-7-13-23(33)14-8-20/h2-16,29,31-33H,1H3. The van der Waals surface area contributed by atoms with Crippen LogP contribution in [0.4, 0.5) is 5.82 Å². The number of anilines is 1. The SMILES string of the molecule is Cc1ccc(N2NC(c3ccc(O)cc3)(c3ccc(O)cc3)C=C2c2ccc(O)cc2)nn1. The van der Waals surface area contributed by atoms with Gasteiger partial charge in [-0.2, -0.15) is 5.10 Å². The summed E-state index contributed by atoms with van der Waals surface area (Å²) in [6.45, 7) is 1.88. The van der Waals surface area contributed by atoms with Crippen LogP contribution in [0.15, 0.2) is 91.0 Å². The summed E-state index contributed by atoms with van der Waals surface area (Å²) in [7, 11) is 0. The maximum atomic E-state index is 9.88. The largest absolute Gasteiger partial charge is 0.508 e. The maximum Gasteiger partial charge on any atom is 0.170 e. The Kier molecular flexibility index (Phi) is 4.95. The van der Waals surface area contributed by atoms with Crippen LogP contribution < -0.4 is 10.4 Å². The zero-order chi connectivity index (χ0) is 23.0. The van der Waals surface area contributed by atoms with Crippen molar-refractivity contribution in [3.63, 3.8) is 0 Å².